The highest BCUT2D eigenvalue weighted by Gasteiger charge is 2.38. The van der Waals surface area contributed by atoms with Gasteiger partial charge in [-0.2, -0.15) is 13.2 Å². The lowest BCUT2D eigenvalue weighted by Crippen LogP contribution is -2.40. The zero-order chi connectivity index (χ0) is 13.2. The summed E-state index contributed by atoms with van der Waals surface area (Å²) in [5, 5.41) is 11.8. The van der Waals surface area contributed by atoms with Crippen LogP contribution in [0, 0.1) is 0 Å². The quantitative estimate of drug-likeness (QED) is 0.874. The second-order valence-electron chi connectivity index (χ2n) is 4.61. The number of nitrogens with one attached hydrogen (secondary N) is 1. The third-order valence-electron chi connectivity index (χ3n) is 3.30. The third kappa shape index (κ3) is 3.03. The molecule has 2 N–H and O–H groups in total. The highest BCUT2D eigenvalue weighted by atomic mass is 19.4. The highest BCUT2D eigenvalue weighted by Crippen LogP contribution is 2.29. The Bertz CT molecular complexity index is 405. The molecule has 1 aromatic rings. The van der Waals surface area contributed by atoms with Gasteiger partial charge in [0.2, 0.25) is 0 Å². The van der Waals surface area contributed by atoms with Crippen molar-refractivity contribution in [2.45, 2.75) is 37.6 Å². The molecule has 18 heavy (non-hydrogen) atoms. The van der Waals surface area contributed by atoms with Crippen molar-refractivity contribution in [3.05, 3.63) is 35.4 Å². The Hall–Kier alpha value is -1.07. The molecule has 0 heterocycles. The molecule has 2 atom stereocenters. The first-order valence-corrected chi connectivity index (χ1v) is 6.04. The maximum Gasteiger partial charge on any atom is 0.415 e. The third-order valence-corrected chi connectivity index (χ3v) is 3.30. The number of hydrogen-bond acceptors (Lipinski definition) is 2. The average molecular weight is 259 g/mol. The van der Waals surface area contributed by atoms with Gasteiger partial charge in [-0.3, -0.25) is 0 Å². The Morgan fingerprint density at radius 3 is 2.78 bits per heavy atom. The molecule has 100 valence electrons. The number of benzene rings is 1. The molecule has 1 aliphatic rings. The van der Waals surface area contributed by atoms with Crippen molar-refractivity contribution >= 4 is 0 Å². The fourth-order valence-corrected chi connectivity index (χ4v) is 2.34. The minimum Gasteiger partial charge on any atom is -0.382 e. The van der Waals surface area contributed by atoms with E-state index in [9.17, 15) is 13.2 Å². The summed E-state index contributed by atoms with van der Waals surface area (Å²) in [6.45, 7) is -0.456. The number of alkyl halides is 3. The number of halogens is 3. The maximum absolute atomic E-state index is 12.2. The highest BCUT2D eigenvalue weighted by molar-refractivity contribution is 5.32. The first kappa shape index (κ1) is 13.4. The smallest absolute Gasteiger partial charge is 0.382 e. The first-order chi connectivity index (χ1) is 8.48. The van der Waals surface area contributed by atoms with Crippen molar-refractivity contribution in [2.75, 3.05) is 6.54 Å². The van der Waals surface area contributed by atoms with Gasteiger partial charge < -0.3 is 10.4 Å². The summed E-state index contributed by atoms with van der Waals surface area (Å²) in [6, 6.07) is 7.67. The van der Waals surface area contributed by atoms with Gasteiger partial charge >= 0.3 is 6.18 Å². The molecule has 1 aliphatic carbocycles. The summed E-state index contributed by atoms with van der Waals surface area (Å²) in [7, 11) is 0. The molecule has 0 aliphatic heterocycles. The van der Waals surface area contributed by atoms with Crippen LogP contribution < -0.4 is 5.32 Å². The minimum absolute atomic E-state index is 0.0908. The van der Waals surface area contributed by atoms with Crippen LogP contribution >= 0.6 is 0 Å². The number of aryl methyl sites for hydroxylation is 1. The van der Waals surface area contributed by atoms with Crippen molar-refractivity contribution in [2.24, 2.45) is 0 Å². The van der Waals surface area contributed by atoms with Crippen LogP contribution in [0.25, 0.3) is 0 Å². The second-order valence-corrected chi connectivity index (χ2v) is 4.61. The van der Waals surface area contributed by atoms with E-state index in [1.807, 2.05) is 24.3 Å². The van der Waals surface area contributed by atoms with Crippen molar-refractivity contribution in [1.29, 1.82) is 0 Å². The standard InChI is InChI=1S/C13H16F3NO/c14-13(15,16)12(18)8-17-11-7-3-5-9-4-1-2-6-10(9)11/h1-2,4,6,11-12,17-18H,3,5,7-8H2. The monoisotopic (exact) mass is 259 g/mol. The van der Waals surface area contributed by atoms with Crippen LogP contribution in [0.5, 0.6) is 0 Å². The van der Waals surface area contributed by atoms with Crippen molar-refractivity contribution < 1.29 is 18.3 Å². The van der Waals surface area contributed by atoms with Gasteiger partial charge in [0.15, 0.2) is 6.10 Å². The molecular formula is C13H16F3NO. The number of aliphatic hydroxyl groups is 1. The van der Waals surface area contributed by atoms with Gasteiger partial charge in [0.25, 0.3) is 0 Å². The minimum atomic E-state index is -4.55. The lowest BCUT2D eigenvalue weighted by Gasteiger charge is -2.27. The summed E-state index contributed by atoms with van der Waals surface area (Å²) in [5.74, 6) is 0. The number of hydrogen-bond donors (Lipinski definition) is 2. The summed E-state index contributed by atoms with van der Waals surface area (Å²) in [4.78, 5) is 0. The molecule has 0 fully saturated rings. The van der Waals surface area contributed by atoms with Gasteiger partial charge in [-0.25, -0.2) is 0 Å². The molecule has 2 nitrogen and oxygen atoms in total. The average Bonchev–Trinajstić information content (AvgIpc) is 2.34. The zero-order valence-corrected chi connectivity index (χ0v) is 9.87. The molecule has 0 amide bonds. The van der Waals surface area contributed by atoms with Crippen LogP contribution in [0.4, 0.5) is 13.2 Å². The van der Waals surface area contributed by atoms with Gasteiger partial charge in [0.1, 0.15) is 0 Å². The Kier molecular flexibility index (Phi) is 3.92. The Morgan fingerprint density at radius 1 is 1.33 bits per heavy atom. The lowest BCUT2D eigenvalue weighted by atomic mass is 9.88. The lowest BCUT2D eigenvalue weighted by molar-refractivity contribution is -0.202. The maximum atomic E-state index is 12.2. The van der Waals surface area contributed by atoms with Gasteiger partial charge in [-0.05, 0) is 30.4 Å². The Morgan fingerprint density at radius 2 is 2.06 bits per heavy atom. The zero-order valence-electron chi connectivity index (χ0n) is 9.87. The number of fused-ring (bicyclic) bond motifs is 1. The van der Waals surface area contributed by atoms with Gasteiger partial charge in [-0.15, -0.1) is 0 Å². The second kappa shape index (κ2) is 5.28. The van der Waals surface area contributed by atoms with Crippen molar-refractivity contribution in [3.63, 3.8) is 0 Å². The normalized spacial score (nSPS) is 21.4. The molecule has 1 aromatic carbocycles. The fourth-order valence-electron chi connectivity index (χ4n) is 2.34. The Labute approximate surface area is 104 Å². The molecule has 0 saturated heterocycles. The van der Waals surface area contributed by atoms with Gasteiger partial charge in [-0.1, -0.05) is 24.3 Å². The topological polar surface area (TPSA) is 32.3 Å². The SMILES string of the molecule is OC(CNC1CCCc2ccccc21)C(F)(F)F. The van der Waals surface area contributed by atoms with E-state index < -0.39 is 18.8 Å². The predicted octanol–water partition coefficient (Wildman–Crippen LogP) is 2.58. The summed E-state index contributed by atoms with van der Waals surface area (Å²) in [5.41, 5.74) is 2.24. The van der Waals surface area contributed by atoms with Crippen LogP contribution in [-0.2, 0) is 6.42 Å². The summed E-state index contributed by atoms with van der Waals surface area (Å²) < 4.78 is 36.6. The van der Waals surface area contributed by atoms with Crippen LogP contribution in [0.3, 0.4) is 0 Å². The van der Waals surface area contributed by atoms with E-state index in [0.29, 0.717) is 0 Å². The summed E-state index contributed by atoms with van der Waals surface area (Å²) >= 11 is 0. The largest absolute Gasteiger partial charge is 0.415 e. The molecule has 0 saturated carbocycles. The van der Waals surface area contributed by atoms with E-state index in [1.165, 1.54) is 5.56 Å². The van der Waals surface area contributed by atoms with E-state index >= 15 is 0 Å². The molecule has 0 bridgehead atoms. The molecule has 2 rings (SSSR count). The molecule has 2 unspecified atom stereocenters. The van der Waals surface area contributed by atoms with Crippen LogP contribution in [0.15, 0.2) is 24.3 Å². The molecule has 0 spiro atoms. The van der Waals surface area contributed by atoms with Gasteiger partial charge in [0, 0.05) is 12.6 Å². The van der Waals surface area contributed by atoms with Crippen molar-refractivity contribution in [3.8, 4) is 0 Å². The molecule has 5 heteroatoms. The van der Waals surface area contributed by atoms with E-state index in [2.05, 4.69) is 5.32 Å². The van der Waals surface area contributed by atoms with E-state index in [-0.39, 0.29) is 6.04 Å². The number of rotatable bonds is 3. The summed E-state index contributed by atoms with van der Waals surface area (Å²) in [6.07, 6.45) is -4.12. The first-order valence-electron chi connectivity index (χ1n) is 6.04. The van der Waals surface area contributed by atoms with E-state index in [4.69, 9.17) is 5.11 Å². The fraction of sp³-hybridized carbons (Fsp3) is 0.538. The Balaban J connectivity index is 2.00. The van der Waals surface area contributed by atoms with Crippen molar-refractivity contribution in [1.82, 2.24) is 5.32 Å². The van der Waals surface area contributed by atoms with E-state index in [1.54, 1.807) is 0 Å². The van der Waals surface area contributed by atoms with Crippen LogP contribution in [0.2, 0.25) is 0 Å². The van der Waals surface area contributed by atoms with Gasteiger partial charge in [0.05, 0.1) is 0 Å². The van der Waals surface area contributed by atoms with E-state index in [0.717, 1.165) is 24.8 Å². The number of aliphatic hydroxyl groups excluding tert-OH is 1. The van der Waals surface area contributed by atoms with Crippen LogP contribution in [0.1, 0.15) is 30.0 Å². The molecule has 0 radical (unpaired) electrons. The molecular weight excluding hydrogens is 243 g/mol. The molecule has 0 aromatic heterocycles. The van der Waals surface area contributed by atoms with Crippen LogP contribution in [-0.4, -0.2) is 23.9 Å². The predicted molar refractivity (Wildman–Crippen MR) is 62.2 cm³/mol.